The maximum atomic E-state index is 12.8. The van der Waals surface area contributed by atoms with Crippen LogP contribution in [0.2, 0.25) is 0 Å². The lowest BCUT2D eigenvalue weighted by atomic mass is 9.78. The van der Waals surface area contributed by atoms with Crippen molar-refractivity contribution in [2.24, 2.45) is 0 Å². The van der Waals surface area contributed by atoms with Gasteiger partial charge in [0.05, 0.1) is 5.54 Å². The van der Waals surface area contributed by atoms with E-state index in [-0.39, 0.29) is 18.1 Å². The van der Waals surface area contributed by atoms with Crippen LogP contribution in [0.1, 0.15) is 71.1 Å². The molecule has 0 spiro atoms. The van der Waals surface area contributed by atoms with Crippen LogP contribution >= 0.6 is 0 Å². The van der Waals surface area contributed by atoms with Gasteiger partial charge in [-0.1, -0.05) is 75.4 Å². The third kappa shape index (κ3) is 6.75. The Bertz CT molecular complexity index is 981. The van der Waals surface area contributed by atoms with Crippen LogP contribution in [0.25, 0.3) is 0 Å². The van der Waals surface area contributed by atoms with Gasteiger partial charge >= 0.3 is 12.2 Å². The van der Waals surface area contributed by atoms with Crippen LogP contribution in [0, 0.1) is 0 Å². The van der Waals surface area contributed by atoms with Crippen LogP contribution in [-0.2, 0) is 27.0 Å². The minimum Gasteiger partial charge on any atom is -0.445 e. The summed E-state index contributed by atoms with van der Waals surface area (Å²) in [5.41, 5.74) is 1.93. The quantitative estimate of drug-likeness (QED) is 0.588. The lowest BCUT2D eigenvalue weighted by molar-refractivity contribution is 0.0359. The molecular weight excluding hydrogens is 428 g/mol. The van der Waals surface area contributed by atoms with E-state index in [1.54, 1.807) is 4.90 Å². The maximum absolute atomic E-state index is 12.8. The molecule has 1 fully saturated rings. The standard InChI is InChI=1S/C28H38N2O4/c1-26(2,3)22-13-10-14-23(19-22)28(29-24(31)34-27(4,5)6)15-17-30(18-16-28)25(32)33-20-21-11-8-7-9-12-21/h7-14,19H,15-18,20H2,1-6H3,(H,29,31). The molecule has 1 saturated heterocycles. The lowest BCUT2D eigenvalue weighted by Gasteiger charge is -2.42. The number of carbonyl (C=O) groups excluding carboxylic acids is 2. The minimum atomic E-state index is -0.625. The molecule has 0 atom stereocenters. The minimum absolute atomic E-state index is 0.0228. The first-order chi connectivity index (χ1) is 15.9. The molecule has 0 saturated carbocycles. The Hall–Kier alpha value is -3.02. The Kier molecular flexibility index (Phi) is 7.59. The molecule has 2 aromatic carbocycles. The van der Waals surface area contributed by atoms with Crippen LogP contribution in [0.15, 0.2) is 54.6 Å². The van der Waals surface area contributed by atoms with E-state index in [4.69, 9.17) is 9.47 Å². The maximum Gasteiger partial charge on any atom is 0.410 e. The Morgan fingerprint density at radius 3 is 2.18 bits per heavy atom. The van der Waals surface area contributed by atoms with Crippen molar-refractivity contribution in [2.75, 3.05) is 13.1 Å². The molecule has 184 valence electrons. The van der Waals surface area contributed by atoms with E-state index in [0.29, 0.717) is 25.9 Å². The number of likely N-dealkylation sites (tertiary alicyclic amines) is 1. The zero-order chi connectivity index (χ0) is 25.0. The number of hydrogen-bond donors (Lipinski definition) is 1. The second kappa shape index (κ2) is 10.1. The van der Waals surface area contributed by atoms with Gasteiger partial charge in [0.1, 0.15) is 12.2 Å². The number of hydrogen-bond acceptors (Lipinski definition) is 4. The summed E-state index contributed by atoms with van der Waals surface area (Å²) in [6.45, 7) is 13.3. The first-order valence-corrected chi connectivity index (χ1v) is 12.0. The SMILES string of the molecule is CC(C)(C)OC(=O)NC1(c2cccc(C(C)(C)C)c2)CCN(C(=O)OCc2ccccc2)CC1. The molecule has 1 aliphatic heterocycles. The van der Waals surface area contributed by atoms with Crippen molar-refractivity contribution in [3.05, 3.63) is 71.3 Å². The summed E-state index contributed by atoms with van der Waals surface area (Å²) in [5.74, 6) is 0. The van der Waals surface area contributed by atoms with Crippen LogP contribution in [0.3, 0.4) is 0 Å². The number of alkyl carbamates (subject to hydrolysis) is 1. The normalized spacial score (nSPS) is 16.0. The fourth-order valence-electron chi connectivity index (χ4n) is 4.15. The lowest BCUT2D eigenvalue weighted by Crippen LogP contribution is -2.55. The van der Waals surface area contributed by atoms with E-state index in [9.17, 15) is 9.59 Å². The number of ether oxygens (including phenoxy) is 2. The molecule has 3 rings (SSSR count). The van der Waals surface area contributed by atoms with Gasteiger partial charge in [-0.25, -0.2) is 9.59 Å². The van der Waals surface area contributed by atoms with E-state index in [0.717, 1.165) is 11.1 Å². The molecule has 1 heterocycles. The van der Waals surface area contributed by atoms with Gasteiger partial charge in [0.15, 0.2) is 0 Å². The van der Waals surface area contributed by atoms with E-state index >= 15 is 0 Å². The molecule has 0 aliphatic carbocycles. The second-order valence-electron chi connectivity index (χ2n) is 11.1. The highest BCUT2D eigenvalue weighted by atomic mass is 16.6. The Morgan fingerprint density at radius 2 is 1.59 bits per heavy atom. The molecule has 1 aliphatic rings. The fourth-order valence-corrected chi connectivity index (χ4v) is 4.15. The van der Waals surface area contributed by atoms with Gasteiger partial charge in [0, 0.05) is 13.1 Å². The molecule has 0 radical (unpaired) electrons. The molecule has 0 unspecified atom stereocenters. The fraction of sp³-hybridized carbons (Fsp3) is 0.500. The van der Waals surface area contributed by atoms with Crippen molar-refractivity contribution in [3.8, 4) is 0 Å². The Morgan fingerprint density at radius 1 is 0.941 bits per heavy atom. The van der Waals surface area contributed by atoms with E-state index in [1.165, 1.54) is 5.56 Å². The molecule has 0 aromatic heterocycles. The number of piperidine rings is 1. The van der Waals surface area contributed by atoms with Gasteiger partial charge in [-0.15, -0.1) is 0 Å². The molecule has 6 nitrogen and oxygen atoms in total. The number of amides is 2. The van der Waals surface area contributed by atoms with Gasteiger partial charge in [0.25, 0.3) is 0 Å². The molecule has 2 aromatic rings. The number of nitrogens with one attached hydrogen (secondary N) is 1. The summed E-state index contributed by atoms with van der Waals surface area (Å²) >= 11 is 0. The zero-order valence-electron chi connectivity index (χ0n) is 21.3. The summed E-state index contributed by atoms with van der Waals surface area (Å²) in [5, 5.41) is 3.16. The summed E-state index contributed by atoms with van der Waals surface area (Å²) in [6, 6.07) is 18.0. The molecular formula is C28H38N2O4. The predicted octanol–water partition coefficient (Wildman–Crippen LogP) is 6.14. The third-order valence-electron chi connectivity index (χ3n) is 6.10. The topological polar surface area (TPSA) is 67.9 Å². The molecule has 34 heavy (non-hydrogen) atoms. The first kappa shape index (κ1) is 25.6. The first-order valence-electron chi connectivity index (χ1n) is 12.0. The van der Waals surface area contributed by atoms with Crippen molar-refractivity contribution in [3.63, 3.8) is 0 Å². The van der Waals surface area contributed by atoms with Crippen molar-refractivity contribution >= 4 is 12.2 Å². The summed E-state index contributed by atoms with van der Waals surface area (Å²) < 4.78 is 11.1. The number of rotatable bonds is 4. The van der Waals surface area contributed by atoms with Crippen LogP contribution in [-0.4, -0.2) is 35.8 Å². The molecule has 0 bridgehead atoms. The molecule has 2 amide bonds. The average molecular weight is 467 g/mol. The largest absolute Gasteiger partial charge is 0.445 e. The molecule has 1 N–H and O–H groups in total. The van der Waals surface area contributed by atoms with E-state index in [1.807, 2.05) is 57.2 Å². The van der Waals surface area contributed by atoms with Crippen molar-refractivity contribution in [1.82, 2.24) is 10.2 Å². The number of carbonyl (C=O) groups is 2. The van der Waals surface area contributed by atoms with Crippen molar-refractivity contribution < 1.29 is 19.1 Å². The van der Waals surface area contributed by atoms with Gasteiger partial charge in [-0.3, -0.25) is 0 Å². The van der Waals surface area contributed by atoms with Crippen molar-refractivity contribution in [2.45, 2.75) is 77.5 Å². The van der Waals surface area contributed by atoms with Gasteiger partial charge in [-0.05, 0) is 55.7 Å². The van der Waals surface area contributed by atoms with E-state index in [2.05, 4.69) is 44.3 Å². The van der Waals surface area contributed by atoms with E-state index < -0.39 is 17.2 Å². The van der Waals surface area contributed by atoms with Crippen LogP contribution < -0.4 is 5.32 Å². The third-order valence-corrected chi connectivity index (χ3v) is 6.10. The highest BCUT2D eigenvalue weighted by Crippen LogP contribution is 2.36. The predicted molar refractivity (Wildman–Crippen MR) is 134 cm³/mol. The second-order valence-corrected chi connectivity index (χ2v) is 11.1. The summed E-state index contributed by atoms with van der Waals surface area (Å²) in [6.07, 6.45) is 0.354. The Labute approximate surface area is 203 Å². The van der Waals surface area contributed by atoms with Crippen LogP contribution in [0.5, 0.6) is 0 Å². The van der Waals surface area contributed by atoms with Gasteiger partial charge < -0.3 is 19.7 Å². The molecule has 6 heteroatoms. The van der Waals surface area contributed by atoms with Crippen molar-refractivity contribution in [1.29, 1.82) is 0 Å². The number of nitrogens with zero attached hydrogens (tertiary/aromatic N) is 1. The van der Waals surface area contributed by atoms with Gasteiger partial charge in [-0.2, -0.15) is 0 Å². The average Bonchev–Trinajstić information content (AvgIpc) is 2.77. The number of benzene rings is 2. The van der Waals surface area contributed by atoms with Gasteiger partial charge in [0.2, 0.25) is 0 Å². The summed E-state index contributed by atoms with van der Waals surface area (Å²) in [4.78, 5) is 27.2. The highest BCUT2D eigenvalue weighted by molar-refractivity contribution is 5.70. The van der Waals surface area contributed by atoms with Crippen LogP contribution in [0.4, 0.5) is 9.59 Å². The smallest absolute Gasteiger partial charge is 0.410 e. The zero-order valence-corrected chi connectivity index (χ0v) is 21.3. The highest BCUT2D eigenvalue weighted by Gasteiger charge is 2.40. The summed E-state index contributed by atoms with van der Waals surface area (Å²) in [7, 11) is 0. The Balaban J connectivity index is 1.77. The monoisotopic (exact) mass is 466 g/mol.